The van der Waals surface area contributed by atoms with Crippen LogP contribution in [0.15, 0.2) is 40.5 Å². The largest absolute Gasteiger partial charge is 0.457 e. The van der Waals surface area contributed by atoms with Crippen LogP contribution in [0.25, 0.3) is 16.0 Å². The number of benzene rings is 1. The number of nitrogens with zero attached hydrogens (tertiary/aromatic N) is 4. The first kappa shape index (κ1) is 18.0. The molecule has 0 amide bonds. The first-order valence-electron chi connectivity index (χ1n) is 9.25. The number of carbonyl (C=O) groups excluding carboxylic acids is 1. The number of ether oxygens (including phenoxy) is 1. The molecule has 29 heavy (non-hydrogen) atoms. The minimum atomic E-state index is -0.737. The lowest BCUT2D eigenvalue weighted by molar-refractivity contribution is -0.156. The Bertz CT molecular complexity index is 1300. The summed E-state index contributed by atoms with van der Waals surface area (Å²) in [5.41, 5.74) is 0.590. The molecule has 0 radical (unpaired) electrons. The topological polar surface area (TPSA) is 78.5 Å². The summed E-state index contributed by atoms with van der Waals surface area (Å²) < 4.78 is 22.7. The highest BCUT2D eigenvalue weighted by molar-refractivity contribution is 7.17. The van der Waals surface area contributed by atoms with E-state index in [9.17, 15) is 14.0 Å². The van der Waals surface area contributed by atoms with Crippen LogP contribution < -0.4 is 5.56 Å². The Hall–Kier alpha value is -3.07. The van der Waals surface area contributed by atoms with Crippen LogP contribution in [0.2, 0.25) is 0 Å². The molecule has 5 rings (SSSR count). The molecule has 0 unspecified atom stereocenters. The average Bonchev–Trinajstić information content (AvgIpc) is 3.32. The van der Waals surface area contributed by atoms with E-state index in [2.05, 4.69) is 10.2 Å². The van der Waals surface area contributed by atoms with Crippen molar-refractivity contribution < 1.29 is 13.9 Å². The Labute approximate surface area is 168 Å². The number of aromatic nitrogens is 4. The quantitative estimate of drug-likeness (QED) is 0.482. The van der Waals surface area contributed by atoms with E-state index in [1.807, 2.05) is 11.4 Å². The van der Waals surface area contributed by atoms with Gasteiger partial charge in [0.1, 0.15) is 10.5 Å². The van der Waals surface area contributed by atoms with Gasteiger partial charge in [-0.2, -0.15) is 0 Å². The molecule has 0 bridgehead atoms. The average molecular weight is 412 g/mol. The smallest absolute Gasteiger partial charge is 0.317 e. The Kier molecular flexibility index (Phi) is 4.02. The first-order chi connectivity index (χ1) is 14.0. The molecular formula is C20H17FN4O3S. The number of carbonyl (C=O) groups is 1. The van der Waals surface area contributed by atoms with E-state index < -0.39 is 5.41 Å². The summed E-state index contributed by atoms with van der Waals surface area (Å²) >= 11 is 1.35. The van der Waals surface area contributed by atoms with E-state index in [1.165, 1.54) is 28.0 Å². The normalized spacial score (nSPS) is 15.5. The number of aryl methyl sites for hydroxylation is 1. The van der Waals surface area contributed by atoms with Crippen molar-refractivity contribution in [1.29, 1.82) is 0 Å². The lowest BCUT2D eigenvalue weighted by Crippen LogP contribution is -2.43. The molecule has 7 nitrogen and oxygen atoms in total. The van der Waals surface area contributed by atoms with Crippen LogP contribution in [0.5, 0.6) is 0 Å². The molecule has 0 N–H and O–H groups in total. The number of hydrogen-bond acceptors (Lipinski definition) is 6. The third-order valence-corrected chi connectivity index (χ3v) is 6.62. The van der Waals surface area contributed by atoms with E-state index in [4.69, 9.17) is 4.74 Å². The highest BCUT2D eigenvalue weighted by Gasteiger charge is 2.47. The van der Waals surface area contributed by atoms with Crippen LogP contribution in [0.3, 0.4) is 0 Å². The molecule has 0 spiro atoms. The molecule has 1 fully saturated rings. The zero-order chi connectivity index (χ0) is 20.2. The fraction of sp³-hybridized carbons (Fsp3) is 0.300. The molecule has 3 heterocycles. The van der Waals surface area contributed by atoms with Gasteiger partial charge in [-0.15, -0.1) is 21.5 Å². The van der Waals surface area contributed by atoms with E-state index in [1.54, 1.807) is 23.6 Å². The molecular weight excluding hydrogens is 395 g/mol. The van der Waals surface area contributed by atoms with Gasteiger partial charge < -0.3 is 4.74 Å². The van der Waals surface area contributed by atoms with Crippen molar-refractivity contribution in [3.63, 3.8) is 0 Å². The minimum Gasteiger partial charge on any atom is -0.457 e. The Morgan fingerprint density at radius 3 is 2.69 bits per heavy atom. The Morgan fingerprint density at radius 2 is 2.00 bits per heavy atom. The summed E-state index contributed by atoms with van der Waals surface area (Å²) in [7, 11) is 1.64. The molecule has 0 atom stereocenters. The van der Waals surface area contributed by atoms with Crippen LogP contribution in [0, 0.1) is 5.82 Å². The second kappa shape index (κ2) is 6.48. The standard InChI is InChI=1S/C20H17FN4O3S/c1-24-17(26)16-14(7-10-29-16)25-15(22-23-19(24)25)11-28-18(27)20(8-2-9-20)12-3-5-13(21)6-4-12/h3-7,10H,2,8-9,11H2,1H3. The van der Waals surface area contributed by atoms with Crippen LogP contribution in [0.4, 0.5) is 4.39 Å². The lowest BCUT2D eigenvalue weighted by atomic mass is 9.64. The van der Waals surface area contributed by atoms with Crippen LogP contribution in [-0.2, 0) is 28.6 Å². The van der Waals surface area contributed by atoms with Crippen molar-refractivity contribution in [2.24, 2.45) is 7.05 Å². The summed E-state index contributed by atoms with van der Waals surface area (Å²) in [5, 5.41) is 10.1. The number of halogens is 1. The molecule has 0 saturated heterocycles. The van der Waals surface area contributed by atoms with Crippen molar-refractivity contribution in [3.05, 3.63) is 63.3 Å². The van der Waals surface area contributed by atoms with Crippen molar-refractivity contribution in [2.45, 2.75) is 31.3 Å². The van der Waals surface area contributed by atoms with E-state index in [-0.39, 0.29) is 24.0 Å². The number of thiophene rings is 1. The third-order valence-electron chi connectivity index (χ3n) is 5.72. The van der Waals surface area contributed by atoms with Crippen LogP contribution in [0.1, 0.15) is 30.7 Å². The van der Waals surface area contributed by atoms with E-state index >= 15 is 0 Å². The van der Waals surface area contributed by atoms with Crippen LogP contribution >= 0.6 is 11.3 Å². The molecule has 1 saturated carbocycles. The number of esters is 1. The van der Waals surface area contributed by atoms with Gasteiger partial charge in [0, 0.05) is 7.05 Å². The predicted octanol–water partition coefficient (Wildman–Crippen LogP) is 2.95. The molecule has 0 aliphatic heterocycles. The maximum absolute atomic E-state index is 13.3. The Balaban J connectivity index is 1.47. The predicted molar refractivity (Wildman–Crippen MR) is 105 cm³/mol. The third kappa shape index (κ3) is 2.61. The second-order valence-electron chi connectivity index (χ2n) is 7.27. The highest BCUT2D eigenvalue weighted by atomic mass is 32.1. The summed E-state index contributed by atoms with van der Waals surface area (Å²) in [6.07, 6.45) is 2.25. The molecule has 3 aromatic heterocycles. The van der Waals surface area contributed by atoms with Gasteiger partial charge in [0.05, 0.1) is 10.9 Å². The molecule has 9 heteroatoms. The zero-order valence-electron chi connectivity index (χ0n) is 15.6. The minimum absolute atomic E-state index is 0.0634. The van der Waals surface area contributed by atoms with Gasteiger partial charge in [-0.05, 0) is 42.0 Å². The van der Waals surface area contributed by atoms with Gasteiger partial charge >= 0.3 is 5.97 Å². The SMILES string of the molecule is Cn1c(=O)c2sccc2n2c(COC(=O)C3(c4ccc(F)cc4)CCC3)nnc12. The number of hydrogen-bond donors (Lipinski definition) is 0. The van der Waals surface area contributed by atoms with Gasteiger partial charge in [0.2, 0.25) is 5.78 Å². The zero-order valence-corrected chi connectivity index (χ0v) is 16.4. The van der Waals surface area contributed by atoms with Gasteiger partial charge in [0.25, 0.3) is 5.56 Å². The maximum atomic E-state index is 13.3. The van der Waals surface area contributed by atoms with E-state index in [0.29, 0.717) is 34.7 Å². The lowest BCUT2D eigenvalue weighted by Gasteiger charge is -2.39. The highest BCUT2D eigenvalue weighted by Crippen LogP contribution is 2.45. The van der Waals surface area contributed by atoms with Crippen molar-refractivity contribution in [1.82, 2.24) is 19.2 Å². The van der Waals surface area contributed by atoms with Crippen LogP contribution in [-0.4, -0.2) is 25.1 Å². The fourth-order valence-corrected chi connectivity index (χ4v) is 4.78. The van der Waals surface area contributed by atoms with Gasteiger partial charge in [-0.1, -0.05) is 18.6 Å². The molecule has 1 aliphatic carbocycles. The summed E-state index contributed by atoms with van der Waals surface area (Å²) in [4.78, 5) is 25.4. The molecule has 148 valence electrons. The van der Waals surface area contributed by atoms with Gasteiger partial charge in [0.15, 0.2) is 12.4 Å². The summed E-state index contributed by atoms with van der Waals surface area (Å²) in [6, 6.07) is 7.85. The molecule has 4 aromatic rings. The maximum Gasteiger partial charge on any atom is 0.317 e. The Morgan fingerprint density at radius 1 is 1.24 bits per heavy atom. The van der Waals surface area contributed by atoms with Gasteiger partial charge in [-0.25, -0.2) is 4.39 Å². The summed E-state index contributed by atoms with van der Waals surface area (Å²) in [6.45, 7) is -0.0634. The summed E-state index contributed by atoms with van der Waals surface area (Å²) in [5.74, 6) is 0.153. The van der Waals surface area contributed by atoms with Crippen molar-refractivity contribution in [3.8, 4) is 0 Å². The van der Waals surface area contributed by atoms with Crippen molar-refractivity contribution >= 4 is 33.3 Å². The van der Waals surface area contributed by atoms with Crippen molar-refractivity contribution in [2.75, 3.05) is 0 Å². The first-order valence-corrected chi connectivity index (χ1v) is 10.1. The number of rotatable bonds is 4. The van der Waals surface area contributed by atoms with Gasteiger partial charge in [-0.3, -0.25) is 18.6 Å². The fourth-order valence-electron chi connectivity index (χ4n) is 3.92. The van der Waals surface area contributed by atoms with E-state index in [0.717, 1.165) is 12.0 Å². The monoisotopic (exact) mass is 412 g/mol. The molecule has 1 aliphatic rings. The second-order valence-corrected chi connectivity index (χ2v) is 8.19. The number of fused-ring (bicyclic) bond motifs is 3. The molecule has 1 aromatic carbocycles.